The van der Waals surface area contributed by atoms with Gasteiger partial charge in [0.25, 0.3) is 10.2 Å². The van der Waals surface area contributed by atoms with Crippen molar-refractivity contribution in [3.05, 3.63) is 0 Å². The smallest absolute Gasteiger partial charge is 0.279 e. The van der Waals surface area contributed by atoms with Crippen LogP contribution in [0.4, 0.5) is 0 Å². The van der Waals surface area contributed by atoms with E-state index in [-0.39, 0.29) is 5.41 Å². The Morgan fingerprint density at radius 3 is 2.33 bits per heavy atom. The molecule has 2 saturated carbocycles. The van der Waals surface area contributed by atoms with Crippen molar-refractivity contribution < 1.29 is 8.42 Å². The van der Waals surface area contributed by atoms with Crippen molar-refractivity contribution >= 4 is 10.2 Å². The highest BCUT2D eigenvalue weighted by Gasteiger charge is 2.42. The summed E-state index contributed by atoms with van der Waals surface area (Å²) in [6, 6.07) is 0.747. The average molecular weight is 315 g/mol. The van der Waals surface area contributed by atoms with E-state index >= 15 is 0 Å². The predicted octanol–water partition coefficient (Wildman–Crippen LogP) is 1.47. The lowest BCUT2D eigenvalue weighted by Crippen LogP contribution is -2.47. The van der Waals surface area contributed by atoms with Crippen molar-refractivity contribution in [3.8, 4) is 0 Å². The molecule has 2 N–H and O–H groups in total. The normalized spacial score (nSPS) is 26.9. The van der Waals surface area contributed by atoms with E-state index in [4.69, 9.17) is 0 Å². The van der Waals surface area contributed by atoms with Crippen LogP contribution in [-0.2, 0) is 10.2 Å². The maximum absolute atomic E-state index is 12.4. The number of rotatable bonds is 8. The van der Waals surface area contributed by atoms with Crippen LogP contribution in [0.25, 0.3) is 0 Å². The first-order valence-electron chi connectivity index (χ1n) is 8.51. The van der Waals surface area contributed by atoms with Gasteiger partial charge >= 0.3 is 0 Å². The zero-order chi connectivity index (χ0) is 14.9. The Labute approximate surface area is 129 Å². The van der Waals surface area contributed by atoms with E-state index in [9.17, 15) is 8.42 Å². The van der Waals surface area contributed by atoms with Crippen LogP contribution in [0, 0.1) is 11.3 Å². The Balaban J connectivity index is 1.41. The molecule has 0 atom stereocenters. The Morgan fingerprint density at radius 1 is 1.14 bits per heavy atom. The maximum Gasteiger partial charge on any atom is 0.279 e. The highest BCUT2D eigenvalue weighted by Crippen LogP contribution is 2.48. The molecule has 0 spiro atoms. The molecule has 0 bridgehead atoms. The van der Waals surface area contributed by atoms with Gasteiger partial charge in [-0.2, -0.15) is 12.7 Å². The highest BCUT2D eigenvalue weighted by molar-refractivity contribution is 7.87. The zero-order valence-corrected chi connectivity index (χ0v) is 13.9. The van der Waals surface area contributed by atoms with Gasteiger partial charge in [0.15, 0.2) is 0 Å². The molecule has 1 aliphatic heterocycles. The fourth-order valence-electron chi connectivity index (χ4n) is 3.14. The molecule has 2 aliphatic carbocycles. The first-order valence-corrected chi connectivity index (χ1v) is 9.95. The third-order valence-corrected chi connectivity index (χ3v) is 7.08. The van der Waals surface area contributed by atoms with Crippen LogP contribution < -0.4 is 10.0 Å². The van der Waals surface area contributed by atoms with Gasteiger partial charge in [0.1, 0.15) is 0 Å². The molecule has 0 aromatic carbocycles. The molecule has 21 heavy (non-hydrogen) atoms. The monoisotopic (exact) mass is 315 g/mol. The van der Waals surface area contributed by atoms with E-state index in [1.54, 1.807) is 4.31 Å². The van der Waals surface area contributed by atoms with Crippen molar-refractivity contribution in [3.63, 3.8) is 0 Å². The molecule has 1 saturated heterocycles. The first-order chi connectivity index (χ1) is 10.0. The second kappa shape index (κ2) is 6.14. The van der Waals surface area contributed by atoms with Crippen LogP contribution in [0.1, 0.15) is 51.9 Å². The van der Waals surface area contributed by atoms with E-state index in [1.165, 1.54) is 25.7 Å². The van der Waals surface area contributed by atoms with E-state index < -0.39 is 10.2 Å². The molecule has 0 radical (unpaired) electrons. The third-order valence-electron chi connectivity index (χ3n) is 5.52. The summed E-state index contributed by atoms with van der Waals surface area (Å²) in [6.45, 7) is 5.18. The van der Waals surface area contributed by atoms with Gasteiger partial charge < -0.3 is 5.32 Å². The van der Waals surface area contributed by atoms with E-state index in [0.29, 0.717) is 25.6 Å². The van der Waals surface area contributed by atoms with Crippen molar-refractivity contribution in [1.29, 1.82) is 0 Å². The molecule has 0 aromatic rings. The van der Waals surface area contributed by atoms with Crippen LogP contribution in [0.5, 0.6) is 0 Å². The lowest BCUT2D eigenvalue weighted by molar-refractivity contribution is 0.263. The van der Waals surface area contributed by atoms with E-state index in [0.717, 1.165) is 31.8 Å². The van der Waals surface area contributed by atoms with E-state index in [2.05, 4.69) is 17.0 Å². The fourth-order valence-corrected chi connectivity index (χ4v) is 4.50. The van der Waals surface area contributed by atoms with Crippen molar-refractivity contribution in [2.75, 3.05) is 26.2 Å². The summed E-state index contributed by atoms with van der Waals surface area (Å²) >= 11 is 0. The van der Waals surface area contributed by atoms with Gasteiger partial charge in [-0.15, -0.1) is 0 Å². The number of piperidine rings is 1. The number of nitrogens with one attached hydrogen (secondary N) is 2. The summed E-state index contributed by atoms with van der Waals surface area (Å²) in [5.74, 6) is 0.641. The van der Waals surface area contributed by atoms with Crippen LogP contribution in [0.2, 0.25) is 0 Å². The second-order valence-electron chi connectivity index (χ2n) is 7.20. The van der Waals surface area contributed by atoms with Crippen molar-refractivity contribution in [1.82, 2.24) is 14.3 Å². The molecule has 3 fully saturated rings. The van der Waals surface area contributed by atoms with Gasteiger partial charge in [-0.3, -0.25) is 0 Å². The van der Waals surface area contributed by atoms with Gasteiger partial charge in [0.05, 0.1) is 0 Å². The SMILES string of the molecule is CCC1(CNS(=O)(=O)N2CCC(CNC3CC3)CC2)CC1. The molecule has 6 heteroatoms. The van der Waals surface area contributed by atoms with Gasteiger partial charge in [-0.25, -0.2) is 4.72 Å². The molecule has 122 valence electrons. The van der Waals surface area contributed by atoms with Gasteiger partial charge in [-0.1, -0.05) is 6.92 Å². The predicted molar refractivity (Wildman–Crippen MR) is 84.2 cm³/mol. The Kier molecular flexibility index (Phi) is 4.60. The first kappa shape index (κ1) is 15.7. The summed E-state index contributed by atoms with van der Waals surface area (Å²) in [5, 5.41) is 3.56. The minimum Gasteiger partial charge on any atom is -0.314 e. The summed E-state index contributed by atoms with van der Waals surface area (Å²) in [4.78, 5) is 0. The van der Waals surface area contributed by atoms with Crippen molar-refractivity contribution in [2.24, 2.45) is 11.3 Å². The Bertz CT molecular complexity index is 450. The Morgan fingerprint density at radius 2 is 1.81 bits per heavy atom. The number of hydrogen-bond acceptors (Lipinski definition) is 3. The van der Waals surface area contributed by atoms with Gasteiger partial charge in [-0.05, 0) is 62.8 Å². The molecule has 3 rings (SSSR count). The minimum absolute atomic E-state index is 0.263. The number of hydrogen-bond donors (Lipinski definition) is 2. The molecule has 1 heterocycles. The van der Waals surface area contributed by atoms with Gasteiger partial charge in [0.2, 0.25) is 0 Å². The lowest BCUT2D eigenvalue weighted by atomic mass is 9.98. The topological polar surface area (TPSA) is 61.4 Å². The minimum atomic E-state index is -3.27. The van der Waals surface area contributed by atoms with Crippen LogP contribution in [0.3, 0.4) is 0 Å². The molecular formula is C15H29N3O2S. The molecule has 0 aromatic heterocycles. The highest BCUT2D eigenvalue weighted by atomic mass is 32.2. The standard InChI is InChI=1S/C15H29N3O2S/c1-2-15(7-8-15)12-17-21(19,20)18-9-5-13(6-10-18)11-16-14-3-4-14/h13-14,16-17H,2-12H2,1H3. The quantitative estimate of drug-likeness (QED) is 0.713. The largest absolute Gasteiger partial charge is 0.314 e. The maximum atomic E-state index is 12.4. The van der Waals surface area contributed by atoms with E-state index in [1.807, 2.05) is 0 Å². The summed E-state index contributed by atoms with van der Waals surface area (Å²) in [6.07, 6.45) is 8.01. The van der Waals surface area contributed by atoms with Crippen LogP contribution in [0.15, 0.2) is 0 Å². The average Bonchev–Trinajstić information content (AvgIpc) is 3.39. The fraction of sp³-hybridized carbons (Fsp3) is 1.00. The zero-order valence-electron chi connectivity index (χ0n) is 13.1. The molecule has 5 nitrogen and oxygen atoms in total. The van der Waals surface area contributed by atoms with Crippen LogP contribution in [-0.4, -0.2) is 44.9 Å². The molecule has 3 aliphatic rings. The third kappa shape index (κ3) is 4.18. The molecular weight excluding hydrogens is 286 g/mol. The lowest BCUT2D eigenvalue weighted by Gasteiger charge is -2.31. The molecule has 0 amide bonds. The number of nitrogens with zero attached hydrogens (tertiary/aromatic N) is 1. The second-order valence-corrected chi connectivity index (χ2v) is 8.96. The summed E-state index contributed by atoms with van der Waals surface area (Å²) in [5.41, 5.74) is 0.263. The summed E-state index contributed by atoms with van der Waals surface area (Å²) in [7, 11) is -3.27. The summed E-state index contributed by atoms with van der Waals surface area (Å²) < 4.78 is 29.2. The van der Waals surface area contributed by atoms with Gasteiger partial charge in [0, 0.05) is 25.7 Å². The molecule has 0 unspecified atom stereocenters. The van der Waals surface area contributed by atoms with Crippen molar-refractivity contribution in [2.45, 2.75) is 57.9 Å². The van der Waals surface area contributed by atoms with Crippen LogP contribution >= 0.6 is 0 Å². The Hall–Kier alpha value is -0.170.